The Kier molecular flexibility index (Phi) is 4.35. The molecule has 2 saturated heterocycles. The number of aromatic nitrogens is 4. The molecule has 2 aromatic heterocycles. The van der Waals surface area contributed by atoms with Crippen molar-refractivity contribution >= 4 is 11.9 Å². The summed E-state index contributed by atoms with van der Waals surface area (Å²) in [6, 6.07) is 1.83. The van der Waals surface area contributed by atoms with Gasteiger partial charge in [-0.25, -0.2) is 9.97 Å². The van der Waals surface area contributed by atoms with Crippen LogP contribution < -0.4 is 10.2 Å². The number of hydrogen-bond acceptors (Lipinski definition) is 6. The van der Waals surface area contributed by atoms with Crippen LogP contribution in [0.3, 0.4) is 0 Å². The summed E-state index contributed by atoms with van der Waals surface area (Å²) >= 11 is 0. The molecule has 2 aliphatic heterocycles. The number of ether oxygens (including phenoxy) is 1. The lowest BCUT2D eigenvalue weighted by atomic mass is 9.84. The van der Waals surface area contributed by atoms with Gasteiger partial charge in [-0.1, -0.05) is 0 Å². The second-order valence-corrected chi connectivity index (χ2v) is 6.69. The number of aryl methyl sites for hydroxylation is 1. The number of amides is 1. The van der Waals surface area contributed by atoms with E-state index in [1.54, 1.807) is 36.5 Å². The molecule has 0 aliphatic carbocycles. The van der Waals surface area contributed by atoms with E-state index in [4.69, 9.17) is 4.74 Å². The summed E-state index contributed by atoms with van der Waals surface area (Å²) in [4.78, 5) is 23.1. The molecular weight excluding hydrogens is 320 g/mol. The van der Waals surface area contributed by atoms with E-state index in [0.717, 1.165) is 32.1 Å². The number of rotatable bonds is 4. The first-order valence-corrected chi connectivity index (χ1v) is 8.61. The van der Waals surface area contributed by atoms with E-state index in [1.165, 1.54) is 0 Å². The lowest BCUT2D eigenvalue weighted by molar-refractivity contribution is 0.0782. The Labute approximate surface area is 146 Å². The third-order valence-electron chi connectivity index (χ3n) is 5.07. The summed E-state index contributed by atoms with van der Waals surface area (Å²) in [6.45, 7) is 3.09. The standard InChI is InChI=1S/C17H22N6O2/c1-22-9-13(7-21-22)16(24)20-8-15-14-10-23(6-3-12(14)11-25-15)17-18-4-2-5-19-17/h2,4-5,7,9,12,14-15H,3,6,8,10-11H2,1H3,(H,20,24)/t12-,14-,15+/m0/s1. The minimum atomic E-state index is -0.112. The van der Waals surface area contributed by atoms with Gasteiger partial charge < -0.3 is 15.0 Å². The van der Waals surface area contributed by atoms with Crippen LogP contribution in [0.25, 0.3) is 0 Å². The van der Waals surface area contributed by atoms with Crippen molar-refractivity contribution in [1.82, 2.24) is 25.1 Å². The number of nitrogens with zero attached hydrogens (tertiary/aromatic N) is 5. The van der Waals surface area contributed by atoms with Gasteiger partial charge >= 0.3 is 0 Å². The number of carbonyl (C=O) groups excluding carboxylic acids is 1. The average Bonchev–Trinajstić information content (AvgIpc) is 3.26. The molecular formula is C17H22N6O2. The fourth-order valence-electron chi connectivity index (χ4n) is 3.71. The maximum absolute atomic E-state index is 12.2. The smallest absolute Gasteiger partial charge is 0.254 e. The Morgan fingerprint density at radius 2 is 2.24 bits per heavy atom. The zero-order valence-corrected chi connectivity index (χ0v) is 14.2. The molecule has 8 heteroatoms. The van der Waals surface area contributed by atoms with Gasteiger partial charge in [-0.05, 0) is 18.4 Å². The fraction of sp³-hybridized carbons (Fsp3) is 0.529. The largest absolute Gasteiger partial charge is 0.376 e. The van der Waals surface area contributed by atoms with Gasteiger partial charge in [0.1, 0.15) is 0 Å². The number of anilines is 1. The summed E-state index contributed by atoms with van der Waals surface area (Å²) in [5.74, 6) is 1.58. The van der Waals surface area contributed by atoms with Crippen LogP contribution in [-0.4, -0.2) is 58.0 Å². The topological polar surface area (TPSA) is 85.2 Å². The lowest BCUT2D eigenvalue weighted by Gasteiger charge is -2.36. The minimum Gasteiger partial charge on any atom is -0.376 e. The van der Waals surface area contributed by atoms with E-state index in [-0.39, 0.29) is 12.0 Å². The van der Waals surface area contributed by atoms with Crippen molar-refractivity contribution in [3.63, 3.8) is 0 Å². The molecule has 0 spiro atoms. The lowest BCUT2D eigenvalue weighted by Crippen LogP contribution is -2.46. The molecule has 3 atom stereocenters. The van der Waals surface area contributed by atoms with Gasteiger partial charge in [0.15, 0.2) is 0 Å². The van der Waals surface area contributed by atoms with Crippen LogP contribution >= 0.6 is 0 Å². The van der Waals surface area contributed by atoms with Crippen LogP contribution in [-0.2, 0) is 11.8 Å². The third-order valence-corrected chi connectivity index (χ3v) is 5.07. The average molecular weight is 342 g/mol. The van der Waals surface area contributed by atoms with E-state index in [1.807, 2.05) is 6.07 Å². The van der Waals surface area contributed by atoms with Gasteiger partial charge in [-0.3, -0.25) is 9.48 Å². The van der Waals surface area contributed by atoms with Crippen LogP contribution in [0, 0.1) is 11.8 Å². The van der Waals surface area contributed by atoms with Crippen LogP contribution in [0.5, 0.6) is 0 Å². The Morgan fingerprint density at radius 3 is 3.00 bits per heavy atom. The van der Waals surface area contributed by atoms with Gasteiger partial charge in [0.25, 0.3) is 5.91 Å². The normalized spacial score (nSPS) is 25.6. The van der Waals surface area contributed by atoms with E-state index in [2.05, 4.69) is 25.3 Å². The monoisotopic (exact) mass is 342 g/mol. The molecule has 2 fully saturated rings. The zero-order chi connectivity index (χ0) is 17.2. The van der Waals surface area contributed by atoms with E-state index >= 15 is 0 Å². The highest BCUT2D eigenvalue weighted by Gasteiger charge is 2.41. The molecule has 2 aromatic rings. The molecule has 2 aliphatic rings. The van der Waals surface area contributed by atoms with Crippen LogP contribution in [0.15, 0.2) is 30.9 Å². The maximum atomic E-state index is 12.2. The van der Waals surface area contributed by atoms with Crippen LogP contribution in [0.4, 0.5) is 5.95 Å². The van der Waals surface area contributed by atoms with Crippen molar-refractivity contribution in [2.75, 3.05) is 31.1 Å². The van der Waals surface area contributed by atoms with Crippen molar-refractivity contribution in [3.8, 4) is 0 Å². The number of fused-ring (bicyclic) bond motifs is 1. The highest BCUT2D eigenvalue weighted by molar-refractivity contribution is 5.93. The summed E-state index contributed by atoms with van der Waals surface area (Å²) in [6.07, 6.45) is 7.91. The maximum Gasteiger partial charge on any atom is 0.254 e. The molecule has 0 saturated carbocycles. The second kappa shape index (κ2) is 6.79. The summed E-state index contributed by atoms with van der Waals surface area (Å²) in [7, 11) is 1.80. The minimum absolute atomic E-state index is 0.0251. The Bertz CT molecular complexity index is 734. The zero-order valence-electron chi connectivity index (χ0n) is 14.2. The molecule has 0 aromatic carbocycles. The molecule has 8 nitrogen and oxygen atoms in total. The number of hydrogen-bond donors (Lipinski definition) is 1. The van der Waals surface area contributed by atoms with Crippen molar-refractivity contribution < 1.29 is 9.53 Å². The molecule has 4 heterocycles. The van der Waals surface area contributed by atoms with Crippen LogP contribution in [0.2, 0.25) is 0 Å². The van der Waals surface area contributed by atoms with Gasteiger partial charge in [0.2, 0.25) is 5.95 Å². The highest BCUT2D eigenvalue weighted by Crippen LogP contribution is 2.34. The molecule has 0 bridgehead atoms. The Balaban J connectivity index is 1.37. The first-order chi connectivity index (χ1) is 12.2. The van der Waals surface area contributed by atoms with E-state index < -0.39 is 0 Å². The van der Waals surface area contributed by atoms with Gasteiger partial charge in [0.05, 0.1) is 24.5 Å². The predicted molar refractivity (Wildman–Crippen MR) is 91.1 cm³/mol. The third kappa shape index (κ3) is 3.34. The predicted octanol–water partition coefficient (Wildman–Crippen LogP) is 0.481. The van der Waals surface area contributed by atoms with Crippen molar-refractivity contribution in [1.29, 1.82) is 0 Å². The van der Waals surface area contributed by atoms with Crippen molar-refractivity contribution in [2.45, 2.75) is 12.5 Å². The number of nitrogens with one attached hydrogen (secondary N) is 1. The molecule has 1 amide bonds. The molecule has 0 unspecified atom stereocenters. The van der Waals surface area contributed by atoms with E-state index in [0.29, 0.717) is 23.9 Å². The van der Waals surface area contributed by atoms with Gasteiger partial charge in [0, 0.05) is 51.2 Å². The second-order valence-electron chi connectivity index (χ2n) is 6.69. The van der Waals surface area contributed by atoms with Gasteiger partial charge in [-0.2, -0.15) is 5.10 Å². The Morgan fingerprint density at radius 1 is 1.40 bits per heavy atom. The number of carbonyl (C=O) groups is 1. The quantitative estimate of drug-likeness (QED) is 0.870. The van der Waals surface area contributed by atoms with E-state index in [9.17, 15) is 4.79 Å². The van der Waals surface area contributed by atoms with Crippen molar-refractivity contribution in [3.05, 3.63) is 36.4 Å². The fourth-order valence-corrected chi connectivity index (χ4v) is 3.71. The summed E-state index contributed by atoms with van der Waals surface area (Å²) < 4.78 is 7.59. The molecule has 132 valence electrons. The molecule has 1 N–H and O–H groups in total. The van der Waals surface area contributed by atoms with Crippen LogP contribution in [0.1, 0.15) is 16.8 Å². The SMILES string of the molecule is Cn1cc(C(=O)NC[C@H]2OC[C@@H]3CCN(c4ncccn4)C[C@@H]32)cn1. The van der Waals surface area contributed by atoms with Gasteiger partial charge in [-0.15, -0.1) is 0 Å². The molecule has 0 radical (unpaired) electrons. The van der Waals surface area contributed by atoms with Crippen molar-refractivity contribution in [2.24, 2.45) is 18.9 Å². The Hall–Kier alpha value is -2.48. The summed E-state index contributed by atoms with van der Waals surface area (Å²) in [5.41, 5.74) is 0.569. The molecule has 4 rings (SSSR count). The number of piperidine rings is 1. The highest BCUT2D eigenvalue weighted by atomic mass is 16.5. The summed E-state index contributed by atoms with van der Waals surface area (Å²) in [5, 5.41) is 7.01. The first kappa shape index (κ1) is 16.0. The molecule has 25 heavy (non-hydrogen) atoms. The first-order valence-electron chi connectivity index (χ1n) is 8.61.